The van der Waals surface area contributed by atoms with Crippen LogP contribution in [0.2, 0.25) is 0 Å². The minimum absolute atomic E-state index is 0.00409. The molecule has 7 nitrogen and oxygen atoms in total. The van der Waals surface area contributed by atoms with Crippen LogP contribution in [0, 0.1) is 0 Å². The number of nitrogens with zero attached hydrogens (tertiary/aromatic N) is 3. The quantitative estimate of drug-likeness (QED) is 0.821. The average molecular weight is 281 g/mol. The molecule has 2 rings (SSSR count). The van der Waals surface area contributed by atoms with E-state index in [2.05, 4.69) is 5.10 Å². The minimum atomic E-state index is -0.915. The van der Waals surface area contributed by atoms with Gasteiger partial charge in [0.2, 0.25) is 0 Å². The largest absolute Gasteiger partial charge is 0.481 e. The molecule has 1 amide bonds. The standard InChI is InChI=1S/C13H19N3O4/c1-15-8-10(7-14-15)13(19)16(5-4-12(17)18)9-11-3-2-6-20-11/h7-8,11H,2-6,9H2,1H3,(H,17,18). The topological polar surface area (TPSA) is 84.7 Å². The predicted octanol–water partition coefficient (Wildman–Crippen LogP) is 0.516. The van der Waals surface area contributed by atoms with Gasteiger partial charge in [-0.05, 0) is 12.8 Å². The molecule has 2 heterocycles. The summed E-state index contributed by atoms with van der Waals surface area (Å²) in [6.45, 7) is 1.32. The Hall–Kier alpha value is -1.89. The molecule has 1 aliphatic rings. The van der Waals surface area contributed by atoms with Crippen LogP contribution in [-0.2, 0) is 16.6 Å². The number of ether oxygens (including phenoxy) is 1. The van der Waals surface area contributed by atoms with Gasteiger partial charge in [0.05, 0.1) is 24.3 Å². The molecule has 7 heteroatoms. The van der Waals surface area contributed by atoms with Crippen LogP contribution in [0.3, 0.4) is 0 Å². The van der Waals surface area contributed by atoms with Gasteiger partial charge < -0.3 is 14.7 Å². The van der Waals surface area contributed by atoms with E-state index >= 15 is 0 Å². The third-order valence-electron chi connectivity index (χ3n) is 3.28. The summed E-state index contributed by atoms with van der Waals surface area (Å²) >= 11 is 0. The van der Waals surface area contributed by atoms with Crippen LogP contribution in [-0.4, -0.2) is 57.5 Å². The number of carboxylic acid groups (broad SMARTS) is 1. The van der Waals surface area contributed by atoms with E-state index in [1.165, 1.54) is 6.20 Å². The molecule has 1 atom stereocenters. The second kappa shape index (κ2) is 6.51. The maximum Gasteiger partial charge on any atom is 0.305 e. The SMILES string of the molecule is Cn1cc(C(=O)N(CCC(=O)O)CC2CCCO2)cn1. The fourth-order valence-electron chi connectivity index (χ4n) is 2.25. The molecule has 0 aliphatic carbocycles. The zero-order chi connectivity index (χ0) is 14.5. The molecule has 1 fully saturated rings. The van der Waals surface area contributed by atoms with Crippen LogP contribution >= 0.6 is 0 Å². The molecule has 1 saturated heterocycles. The van der Waals surface area contributed by atoms with Crippen molar-refractivity contribution >= 4 is 11.9 Å². The lowest BCUT2D eigenvalue weighted by atomic mass is 10.2. The normalized spacial score (nSPS) is 18.1. The number of carboxylic acids is 1. The van der Waals surface area contributed by atoms with Gasteiger partial charge in [0, 0.05) is 32.9 Å². The Morgan fingerprint density at radius 2 is 2.40 bits per heavy atom. The summed E-state index contributed by atoms with van der Waals surface area (Å²) in [6.07, 6.45) is 4.95. The van der Waals surface area contributed by atoms with E-state index in [9.17, 15) is 9.59 Å². The van der Waals surface area contributed by atoms with E-state index in [0.717, 1.165) is 12.8 Å². The molecular weight excluding hydrogens is 262 g/mol. The van der Waals surface area contributed by atoms with Crippen molar-refractivity contribution in [3.63, 3.8) is 0 Å². The van der Waals surface area contributed by atoms with Crippen LogP contribution in [0.5, 0.6) is 0 Å². The average Bonchev–Trinajstić information content (AvgIpc) is 3.04. The molecule has 1 aliphatic heterocycles. The highest BCUT2D eigenvalue weighted by Crippen LogP contribution is 2.15. The Bertz CT molecular complexity index is 480. The van der Waals surface area contributed by atoms with Crippen LogP contribution in [0.25, 0.3) is 0 Å². The smallest absolute Gasteiger partial charge is 0.305 e. The number of carbonyl (C=O) groups is 2. The highest BCUT2D eigenvalue weighted by Gasteiger charge is 2.24. The number of aromatic nitrogens is 2. The van der Waals surface area contributed by atoms with Gasteiger partial charge in [-0.2, -0.15) is 5.10 Å². The molecule has 0 aromatic carbocycles. The maximum atomic E-state index is 12.4. The lowest BCUT2D eigenvalue weighted by molar-refractivity contribution is -0.137. The van der Waals surface area contributed by atoms with Crippen molar-refractivity contribution in [3.8, 4) is 0 Å². The van der Waals surface area contributed by atoms with Crippen molar-refractivity contribution in [1.29, 1.82) is 0 Å². The number of hydrogen-bond donors (Lipinski definition) is 1. The van der Waals surface area contributed by atoms with Crippen molar-refractivity contribution in [2.24, 2.45) is 7.05 Å². The van der Waals surface area contributed by atoms with E-state index < -0.39 is 5.97 Å². The van der Waals surface area contributed by atoms with Crippen LogP contribution < -0.4 is 0 Å². The Balaban J connectivity index is 2.03. The zero-order valence-electron chi connectivity index (χ0n) is 11.5. The molecule has 1 unspecified atom stereocenters. The lowest BCUT2D eigenvalue weighted by Crippen LogP contribution is -2.38. The summed E-state index contributed by atoms with van der Waals surface area (Å²) in [5.74, 6) is -1.11. The monoisotopic (exact) mass is 281 g/mol. The molecular formula is C13H19N3O4. The van der Waals surface area contributed by atoms with Gasteiger partial charge in [0.1, 0.15) is 0 Å². The first-order valence-electron chi connectivity index (χ1n) is 6.67. The number of aliphatic carboxylic acids is 1. The summed E-state index contributed by atoms with van der Waals surface area (Å²) in [7, 11) is 1.73. The molecule has 0 radical (unpaired) electrons. The number of aryl methyl sites for hydroxylation is 1. The molecule has 1 aromatic heterocycles. The number of amides is 1. The highest BCUT2D eigenvalue weighted by molar-refractivity contribution is 5.94. The van der Waals surface area contributed by atoms with Crippen molar-refractivity contribution in [1.82, 2.24) is 14.7 Å². The molecule has 1 aromatic rings. The molecule has 0 bridgehead atoms. The summed E-state index contributed by atoms with van der Waals surface area (Å²) in [4.78, 5) is 24.6. The van der Waals surface area contributed by atoms with Crippen LogP contribution in [0.4, 0.5) is 0 Å². The molecule has 0 saturated carbocycles. The first kappa shape index (κ1) is 14.5. The Labute approximate surface area is 117 Å². The Morgan fingerprint density at radius 1 is 1.60 bits per heavy atom. The van der Waals surface area contributed by atoms with E-state index in [0.29, 0.717) is 18.7 Å². The van der Waals surface area contributed by atoms with Gasteiger partial charge in [0.15, 0.2) is 0 Å². The van der Waals surface area contributed by atoms with Crippen molar-refractivity contribution in [2.75, 3.05) is 19.7 Å². The van der Waals surface area contributed by atoms with E-state index in [1.807, 2.05) is 0 Å². The summed E-state index contributed by atoms with van der Waals surface area (Å²) in [6, 6.07) is 0. The number of carbonyl (C=O) groups excluding carboxylic acids is 1. The third kappa shape index (κ3) is 3.80. The lowest BCUT2D eigenvalue weighted by Gasteiger charge is -2.24. The van der Waals surface area contributed by atoms with Crippen molar-refractivity contribution < 1.29 is 19.4 Å². The van der Waals surface area contributed by atoms with E-state index in [1.54, 1.807) is 22.8 Å². The van der Waals surface area contributed by atoms with Crippen molar-refractivity contribution in [2.45, 2.75) is 25.4 Å². The second-order valence-electron chi connectivity index (χ2n) is 4.93. The predicted molar refractivity (Wildman–Crippen MR) is 70.3 cm³/mol. The summed E-state index contributed by atoms with van der Waals surface area (Å²) in [5.41, 5.74) is 0.468. The second-order valence-corrected chi connectivity index (χ2v) is 4.93. The first-order valence-corrected chi connectivity index (χ1v) is 6.67. The van der Waals surface area contributed by atoms with E-state index in [4.69, 9.17) is 9.84 Å². The van der Waals surface area contributed by atoms with Gasteiger partial charge >= 0.3 is 5.97 Å². The van der Waals surface area contributed by atoms with Gasteiger partial charge in [0.25, 0.3) is 5.91 Å². The zero-order valence-corrected chi connectivity index (χ0v) is 11.5. The Kier molecular flexibility index (Phi) is 4.73. The number of rotatable bonds is 6. The Morgan fingerprint density at radius 3 is 2.95 bits per heavy atom. The fourth-order valence-corrected chi connectivity index (χ4v) is 2.25. The molecule has 110 valence electrons. The van der Waals surface area contributed by atoms with Crippen molar-refractivity contribution in [3.05, 3.63) is 18.0 Å². The van der Waals surface area contributed by atoms with Gasteiger partial charge in [-0.1, -0.05) is 0 Å². The van der Waals surface area contributed by atoms with Crippen LogP contribution in [0.15, 0.2) is 12.4 Å². The minimum Gasteiger partial charge on any atom is -0.481 e. The highest BCUT2D eigenvalue weighted by atomic mass is 16.5. The van der Waals surface area contributed by atoms with Crippen LogP contribution in [0.1, 0.15) is 29.6 Å². The fraction of sp³-hybridized carbons (Fsp3) is 0.615. The number of hydrogen-bond acceptors (Lipinski definition) is 4. The van der Waals surface area contributed by atoms with Gasteiger partial charge in [-0.15, -0.1) is 0 Å². The molecule has 1 N–H and O–H groups in total. The molecule has 0 spiro atoms. The summed E-state index contributed by atoms with van der Waals surface area (Å²) < 4.78 is 7.07. The molecule has 20 heavy (non-hydrogen) atoms. The maximum absolute atomic E-state index is 12.4. The van der Waals surface area contributed by atoms with Gasteiger partial charge in [-0.3, -0.25) is 14.3 Å². The summed E-state index contributed by atoms with van der Waals surface area (Å²) in [5, 5.41) is 12.8. The van der Waals surface area contributed by atoms with Gasteiger partial charge in [-0.25, -0.2) is 0 Å². The van der Waals surface area contributed by atoms with E-state index in [-0.39, 0.29) is 25.0 Å². The third-order valence-corrected chi connectivity index (χ3v) is 3.28. The first-order chi connectivity index (χ1) is 9.56.